The minimum atomic E-state index is -3.68. The van der Waals surface area contributed by atoms with Gasteiger partial charge in [0.2, 0.25) is 15.9 Å². The van der Waals surface area contributed by atoms with E-state index in [0.717, 1.165) is 12.0 Å². The molecule has 0 bridgehead atoms. The summed E-state index contributed by atoms with van der Waals surface area (Å²) in [5, 5.41) is 11.3. The lowest BCUT2D eigenvalue weighted by molar-refractivity contribution is -0.119. The predicted octanol–water partition coefficient (Wildman–Crippen LogP) is 0.263. The third-order valence-electron chi connectivity index (χ3n) is 3.44. The molecule has 2 unspecified atom stereocenters. The van der Waals surface area contributed by atoms with Gasteiger partial charge in [-0.2, -0.15) is 0 Å². The van der Waals surface area contributed by atoms with Crippen LogP contribution >= 0.6 is 0 Å². The SMILES string of the molecule is CC(NCC1CCC(=O)N1)c1cccc(S(N)(=O)=O)c1. The van der Waals surface area contributed by atoms with Crippen LogP contribution in [0.3, 0.4) is 0 Å². The third-order valence-corrected chi connectivity index (χ3v) is 4.35. The molecule has 1 amide bonds. The molecule has 2 rings (SSSR count). The van der Waals surface area contributed by atoms with E-state index in [4.69, 9.17) is 5.14 Å². The predicted molar refractivity (Wildman–Crippen MR) is 75.4 cm³/mol. The fourth-order valence-corrected chi connectivity index (χ4v) is 2.80. The molecule has 1 fully saturated rings. The monoisotopic (exact) mass is 297 g/mol. The number of benzene rings is 1. The summed E-state index contributed by atoms with van der Waals surface area (Å²) in [4.78, 5) is 11.2. The van der Waals surface area contributed by atoms with Crippen LogP contribution in [0, 0.1) is 0 Å². The van der Waals surface area contributed by atoms with Crippen LogP contribution in [0.2, 0.25) is 0 Å². The summed E-state index contributed by atoms with van der Waals surface area (Å²) < 4.78 is 22.6. The lowest BCUT2D eigenvalue weighted by Gasteiger charge is -2.18. The summed E-state index contributed by atoms with van der Waals surface area (Å²) in [7, 11) is -3.68. The van der Waals surface area contributed by atoms with Crippen LogP contribution in [0.4, 0.5) is 0 Å². The average molecular weight is 297 g/mol. The topological polar surface area (TPSA) is 101 Å². The number of amides is 1. The second kappa shape index (κ2) is 5.90. The fraction of sp³-hybridized carbons (Fsp3) is 0.462. The minimum Gasteiger partial charge on any atom is -0.352 e. The standard InChI is InChI=1S/C13H19N3O3S/c1-9(15-8-11-5-6-13(17)16-11)10-3-2-4-12(7-10)20(14,18)19/h2-4,7,9,11,15H,5-6,8H2,1H3,(H,16,17)(H2,14,18,19). The van der Waals surface area contributed by atoms with Crippen LogP contribution in [0.25, 0.3) is 0 Å². The molecular weight excluding hydrogens is 278 g/mol. The largest absolute Gasteiger partial charge is 0.352 e. The van der Waals surface area contributed by atoms with Gasteiger partial charge >= 0.3 is 0 Å². The summed E-state index contributed by atoms with van der Waals surface area (Å²) in [6, 6.07) is 6.69. The first kappa shape index (κ1) is 15.0. The van der Waals surface area contributed by atoms with Crippen molar-refractivity contribution in [3.63, 3.8) is 0 Å². The van der Waals surface area contributed by atoms with Crippen molar-refractivity contribution in [2.45, 2.75) is 36.7 Å². The maximum absolute atomic E-state index is 11.3. The van der Waals surface area contributed by atoms with Gasteiger partial charge in [-0.1, -0.05) is 12.1 Å². The first-order valence-corrected chi connectivity index (χ1v) is 8.06. The van der Waals surface area contributed by atoms with Gasteiger partial charge in [-0.15, -0.1) is 0 Å². The van der Waals surface area contributed by atoms with Gasteiger partial charge in [0.15, 0.2) is 0 Å². The maximum atomic E-state index is 11.3. The van der Waals surface area contributed by atoms with E-state index in [0.29, 0.717) is 13.0 Å². The van der Waals surface area contributed by atoms with E-state index >= 15 is 0 Å². The zero-order valence-electron chi connectivity index (χ0n) is 11.3. The van der Waals surface area contributed by atoms with Gasteiger partial charge in [-0.05, 0) is 31.0 Å². The number of primary sulfonamides is 1. The fourth-order valence-electron chi connectivity index (χ4n) is 2.23. The number of sulfonamides is 1. The summed E-state index contributed by atoms with van der Waals surface area (Å²) in [5.41, 5.74) is 0.848. The molecule has 1 aliphatic heterocycles. The molecule has 1 aliphatic rings. The molecule has 1 heterocycles. The van der Waals surface area contributed by atoms with Crippen LogP contribution in [0.5, 0.6) is 0 Å². The zero-order valence-corrected chi connectivity index (χ0v) is 12.1. The Kier molecular flexibility index (Phi) is 4.42. The molecule has 1 aromatic rings. The molecule has 110 valence electrons. The number of hydrogen-bond acceptors (Lipinski definition) is 4. The molecule has 7 heteroatoms. The summed E-state index contributed by atoms with van der Waals surface area (Å²) >= 11 is 0. The lowest BCUT2D eigenvalue weighted by atomic mass is 10.1. The van der Waals surface area contributed by atoms with Gasteiger partial charge in [0.1, 0.15) is 0 Å². The first-order chi connectivity index (χ1) is 9.36. The molecule has 4 N–H and O–H groups in total. The van der Waals surface area contributed by atoms with Gasteiger partial charge in [0, 0.05) is 25.0 Å². The van der Waals surface area contributed by atoms with E-state index in [-0.39, 0.29) is 22.9 Å². The van der Waals surface area contributed by atoms with E-state index in [1.165, 1.54) is 6.07 Å². The molecule has 0 aliphatic carbocycles. The van der Waals surface area contributed by atoms with Crippen molar-refractivity contribution in [3.05, 3.63) is 29.8 Å². The van der Waals surface area contributed by atoms with Gasteiger partial charge in [0.25, 0.3) is 0 Å². The lowest BCUT2D eigenvalue weighted by Crippen LogP contribution is -2.36. The van der Waals surface area contributed by atoms with E-state index in [9.17, 15) is 13.2 Å². The molecule has 0 aromatic heterocycles. The second-order valence-electron chi connectivity index (χ2n) is 5.05. The molecule has 0 saturated carbocycles. The Bertz CT molecular complexity index is 601. The number of hydrogen-bond donors (Lipinski definition) is 3. The van der Waals surface area contributed by atoms with E-state index < -0.39 is 10.0 Å². The Morgan fingerprint density at radius 3 is 2.85 bits per heavy atom. The van der Waals surface area contributed by atoms with Crippen molar-refractivity contribution in [2.75, 3.05) is 6.54 Å². The van der Waals surface area contributed by atoms with Gasteiger partial charge < -0.3 is 10.6 Å². The smallest absolute Gasteiger partial charge is 0.238 e. The molecular formula is C13H19N3O3S. The highest BCUT2D eigenvalue weighted by atomic mass is 32.2. The highest BCUT2D eigenvalue weighted by Crippen LogP contribution is 2.17. The van der Waals surface area contributed by atoms with Crippen molar-refractivity contribution >= 4 is 15.9 Å². The molecule has 2 atom stereocenters. The highest BCUT2D eigenvalue weighted by Gasteiger charge is 2.21. The normalized spacial score (nSPS) is 20.7. The van der Waals surface area contributed by atoms with Gasteiger partial charge in [0.05, 0.1) is 4.90 Å². The minimum absolute atomic E-state index is 0.0193. The van der Waals surface area contributed by atoms with Crippen molar-refractivity contribution in [1.29, 1.82) is 0 Å². The van der Waals surface area contributed by atoms with Crippen LogP contribution in [0.1, 0.15) is 31.4 Å². The molecule has 20 heavy (non-hydrogen) atoms. The van der Waals surface area contributed by atoms with E-state index in [2.05, 4.69) is 10.6 Å². The third kappa shape index (κ3) is 3.78. The number of nitrogens with two attached hydrogens (primary N) is 1. The highest BCUT2D eigenvalue weighted by molar-refractivity contribution is 7.89. The number of carbonyl (C=O) groups is 1. The molecule has 6 nitrogen and oxygen atoms in total. The molecule has 1 aromatic carbocycles. The Morgan fingerprint density at radius 1 is 1.50 bits per heavy atom. The maximum Gasteiger partial charge on any atom is 0.238 e. The molecule has 0 spiro atoms. The Hall–Kier alpha value is -1.44. The number of nitrogens with one attached hydrogen (secondary N) is 2. The quantitative estimate of drug-likeness (QED) is 0.725. The van der Waals surface area contributed by atoms with Crippen LogP contribution in [0.15, 0.2) is 29.2 Å². The van der Waals surface area contributed by atoms with Crippen molar-refractivity contribution in [1.82, 2.24) is 10.6 Å². The van der Waals surface area contributed by atoms with E-state index in [1.807, 2.05) is 13.0 Å². The number of carbonyl (C=O) groups excluding carboxylic acids is 1. The van der Waals surface area contributed by atoms with E-state index in [1.54, 1.807) is 12.1 Å². The van der Waals surface area contributed by atoms with Crippen LogP contribution < -0.4 is 15.8 Å². The Morgan fingerprint density at radius 2 is 2.25 bits per heavy atom. The van der Waals surface area contributed by atoms with Crippen molar-refractivity contribution in [3.8, 4) is 0 Å². The van der Waals surface area contributed by atoms with Crippen molar-refractivity contribution in [2.24, 2.45) is 5.14 Å². The average Bonchev–Trinajstić information content (AvgIpc) is 2.81. The first-order valence-electron chi connectivity index (χ1n) is 6.52. The van der Waals surface area contributed by atoms with Gasteiger partial charge in [-0.25, -0.2) is 13.6 Å². The Labute approximate surface area is 118 Å². The van der Waals surface area contributed by atoms with Crippen LogP contribution in [-0.4, -0.2) is 26.9 Å². The number of rotatable bonds is 5. The van der Waals surface area contributed by atoms with Crippen molar-refractivity contribution < 1.29 is 13.2 Å². The van der Waals surface area contributed by atoms with Crippen LogP contribution in [-0.2, 0) is 14.8 Å². The molecule has 1 saturated heterocycles. The Balaban J connectivity index is 1.98. The second-order valence-corrected chi connectivity index (χ2v) is 6.61. The summed E-state index contributed by atoms with van der Waals surface area (Å²) in [6.07, 6.45) is 1.40. The summed E-state index contributed by atoms with van der Waals surface area (Å²) in [6.45, 7) is 2.60. The summed E-state index contributed by atoms with van der Waals surface area (Å²) in [5.74, 6) is 0.0840. The molecule has 0 radical (unpaired) electrons. The van der Waals surface area contributed by atoms with Gasteiger partial charge in [-0.3, -0.25) is 4.79 Å². The zero-order chi connectivity index (χ0) is 14.8.